The molecule has 282 valence electrons. The Morgan fingerprint density at radius 2 is 1.45 bits per heavy atom. The van der Waals surface area contributed by atoms with Gasteiger partial charge in [-0.25, -0.2) is 9.59 Å². The molecule has 1 saturated heterocycles. The van der Waals surface area contributed by atoms with Crippen molar-refractivity contribution < 1.29 is 23.8 Å². The summed E-state index contributed by atoms with van der Waals surface area (Å²) in [6.07, 6.45) is 1.11. The van der Waals surface area contributed by atoms with Crippen LogP contribution in [0.5, 0.6) is 11.5 Å². The van der Waals surface area contributed by atoms with Gasteiger partial charge in [0.05, 0.1) is 12.8 Å². The summed E-state index contributed by atoms with van der Waals surface area (Å²) < 4.78 is 17.5. The normalized spacial score (nSPS) is 14.1. The zero-order valence-electron chi connectivity index (χ0n) is 32.5. The number of rotatable bonds is 12. The number of piperidine rings is 1. The third-order valence-corrected chi connectivity index (χ3v) is 9.76. The summed E-state index contributed by atoms with van der Waals surface area (Å²) >= 11 is 0. The lowest BCUT2D eigenvalue weighted by atomic mass is 9.72. The fourth-order valence-electron chi connectivity index (χ4n) is 6.93. The molecule has 0 aliphatic carbocycles. The number of anilines is 3. The van der Waals surface area contributed by atoms with E-state index in [4.69, 9.17) is 14.2 Å². The van der Waals surface area contributed by atoms with Gasteiger partial charge in [-0.2, -0.15) is 0 Å². The number of para-hydroxylation sites is 2. The Morgan fingerprint density at radius 3 is 2.08 bits per heavy atom. The fraction of sp³-hybridized carbons (Fsp3) is 0.409. The van der Waals surface area contributed by atoms with E-state index in [9.17, 15) is 9.59 Å². The van der Waals surface area contributed by atoms with Crippen molar-refractivity contribution in [2.75, 3.05) is 42.3 Å². The van der Waals surface area contributed by atoms with Crippen LogP contribution in [0.15, 0.2) is 91.0 Å². The molecule has 9 nitrogen and oxygen atoms in total. The second-order valence-corrected chi connectivity index (χ2v) is 15.5. The molecule has 0 atom stereocenters. The van der Waals surface area contributed by atoms with Crippen LogP contribution in [-0.2, 0) is 16.8 Å². The molecule has 1 heterocycles. The van der Waals surface area contributed by atoms with Crippen molar-refractivity contribution in [1.29, 1.82) is 0 Å². The number of nitrogens with one attached hydrogen (secondary N) is 3. The van der Waals surface area contributed by atoms with E-state index in [-0.39, 0.29) is 23.3 Å². The van der Waals surface area contributed by atoms with Crippen molar-refractivity contribution in [3.05, 3.63) is 113 Å². The highest BCUT2D eigenvalue weighted by atomic mass is 16.6. The minimum atomic E-state index is -0.621. The Hall–Kier alpha value is -5.18. The van der Waals surface area contributed by atoms with Crippen LogP contribution < -0.4 is 30.3 Å². The van der Waals surface area contributed by atoms with Gasteiger partial charge in [0.2, 0.25) is 0 Å². The molecule has 3 amide bonds. The first kappa shape index (κ1) is 39.0. The molecular formula is C44H56N4O5. The summed E-state index contributed by atoms with van der Waals surface area (Å²) in [4.78, 5) is 29.0. The van der Waals surface area contributed by atoms with E-state index >= 15 is 0 Å². The Balaban J connectivity index is 1.39. The molecule has 4 aromatic rings. The van der Waals surface area contributed by atoms with Crippen LogP contribution in [0.2, 0.25) is 0 Å². The topological polar surface area (TPSA) is 101 Å². The molecule has 0 saturated carbocycles. The largest absolute Gasteiger partial charge is 0.495 e. The monoisotopic (exact) mass is 720 g/mol. The van der Waals surface area contributed by atoms with Crippen LogP contribution in [0.1, 0.15) is 95.4 Å². The van der Waals surface area contributed by atoms with E-state index in [1.807, 2.05) is 81.4 Å². The smallest absolute Gasteiger partial charge is 0.412 e. The molecule has 0 unspecified atom stereocenters. The number of hydrogen-bond acceptors (Lipinski definition) is 6. The maximum absolute atomic E-state index is 13.9. The number of urea groups is 1. The van der Waals surface area contributed by atoms with Crippen LogP contribution >= 0.6 is 0 Å². The number of amides is 3. The standard InChI is InChI=1S/C44H56N4O5/c1-30(2)36-26-34(46-42(50)53-43(5,6)7)27-37(31(3)4)40(36)47-41(49)45-29-44(21-23-48(24-22-44)38-19-12-13-20-39(38)51-8)33-17-14-18-35(25-33)52-28-32-15-10-9-11-16-32/h9-20,25-27,30-31H,21-24,28-29H2,1-8H3,(H,46,50)(H2,45,47,49). The first-order valence-corrected chi connectivity index (χ1v) is 18.6. The van der Waals surface area contributed by atoms with Gasteiger partial charge in [0, 0.05) is 36.4 Å². The number of methoxy groups -OCH3 is 1. The van der Waals surface area contributed by atoms with Crippen LogP contribution in [0, 0.1) is 0 Å². The van der Waals surface area contributed by atoms with Crippen molar-refractivity contribution in [3.63, 3.8) is 0 Å². The molecule has 1 aliphatic rings. The van der Waals surface area contributed by atoms with E-state index in [0.29, 0.717) is 18.8 Å². The molecule has 0 bridgehead atoms. The molecule has 1 aliphatic heterocycles. The van der Waals surface area contributed by atoms with Gasteiger partial charge < -0.3 is 29.7 Å². The summed E-state index contributed by atoms with van der Waals surface area (Å²) in [6, 6.07) is 30.1. The minimum Gasteiger partial charge on any atom is -0.495 e. The number of ether oxygens (including phenoxy) is 3. The summed E-state index contributed by atoms with van der Waals surface area (Å²) in [5.41, 5.74) is 5.60. The Morgan fingerprint density at radius 1 is 0.811 bits per heavy atom. The number of hydrogen-bond donors (Lipinski definition) is 3. The Bertz CT molecular complexity index is 1810. The lowest BCUT2D eigenvalue weighted by Gasteiger charge is -2.43. The second kappa shape index (κ2) is 17.1. The van der Waals surface area contributed by atoms with E-state index in [1.54, 1.807) is 7.11 Å². The minimum absolute atomic E-state index is 0.0764. The third kappa shape index (κ3) is 10.2. The fourth-order valence-corrected chi connectivity index (χ4v) is 6.93. The molecule has 9 heteroatoms. The van der Waals surface area contributed by atoms with Gasteiger partial charge >= 0.3 is 12.1 Å². The van der Waals surface area contributed by atoms with Gasteiger partial charge in [0.15, 0.2) is 0 Å². The highest BCUT2D eigenvalue weighted by Crippen LogP contribution is 2.40. The first-order chi connectivity index (χ1) is 25.3. The Kier molecular flexibility index (Phi) is 12.6. The Labute approximate surface area is 315 Å². The quantitative estimate of drug-likeness (QED) is 0.135. The summed E-state index contributed by atoms with van der Waals surface area (Å²) in [5, 5.41) is 9.39. The molecule has 0 radical (unpaired) electrons. The van der Waals surface area contributed by atoms with Gasteiger partial charge in [-0.3, -0.25) is 5.32 Å². The van der Waals surface area contributed by atoms with Crippen molar-refractivity contribution in [1.82, 2.24) is 5.32 Å². The first-order valence-electron chi connectivity index (χ1n) is 18.6. The number of nitrogens with zero attached hydrogens (tertiary/aromatic N) is 1. The SMILES string of the molecule is COc1ccccc1N1CCC(CNC(=O)Nc2c(C(C)C)cc(NC(=O)OC(C)(C)C)cc2C(C)C)(c2cccc(OCc3ccccc3)c2)CC1. The average molecular weight is 721 g/mol. The maximum Gasteiger partial charge on any atom is 0.412 e. The summed E-state index contributed by atoms with van der Waals surface area (Å²) in [6.45, 7) is 16.3. The van der Waals surface area contributed by atoms with Crippen molar-refractivity contribution in [3.8, 4) is 11.5 Å². The molecule has 3 N–H and O–H groups in total. The second-order valence-electron chi connectivity index (χ2n) is 15.5. The lowest BCUT2D eigenvalue weighted by Crippen LogP contribution is -2.49. The summed E-state index contributed by atoms with van der Waals surface area (Å²) in [7, 11) is 1.71. The van der Waals surface area contributed by atoms with Crippen LogP contribution in [0.3, 0.4) is 0 Å². The number of carbonyl (C=O) groups excluding carboxylic acids is 2. The molecule has 5 rings (SSSR count). The van der Waals surface area contributed by atoms with Crippen molar-refractivity contribution in [2.45, 2.75) is 90.8 Å². The molecule has 53 heavy (non-hydrogen) atoms. The number of carbonyl (C=O) groups is 2. The predicted molar refractivity (Wildman–Crippen MR) is 215 cm³/mol. The van der Waals surface area contributed by atoms with Crippen LogP contribution in [0.25, 0.3) is 0 Å². The van der Waals surface area contributed by atoms with E-state index in [1.165, 1.54) is 0 Å². The highest BCUT2D eigenvalue weighted by Gasteiger charge is 2.38. The van der Waals surface area contributed by atoms with Gasteiger partial charge in [-0.15, -0.1) is 0 Å². The van der Waals surface area contributed by atoms with Crippen LogP contribution in [0.4, 0.5) is 26.7 Å². The summed E-state index contributed by atoms with van der Waals surface area (Å²) in [5.74, 6) is 1.80. The zero-order chi connectivity index (χ0) is 38.2. The maximum atomic E-state index is 13.9. The van der Waals surface area contributed by atoms with E-state index in [2.05, 4.69) is 78.9 Å². The molecule has 4 aromatic carbocycles. The number of benzene rings is 4. The molecule has 0 aromatic heterocycles. The van der Waals surface area contributed by atoms with E-state index < -0.39 is 11.7 Å². The molecule has 0 spiro atoms. The molecular weight excluding hydrogens is 665 g/mol. The zero-order valence-corrected chi connectivity index (χ0v) is 32.5. The van der Waals surface area contributed by atoms with Gasteiger partial charge in [-0.05, 0) is 104 Å². The van der Waals surface area contributed by atoms with E-state index in [0.717, 1.165) is 71.1 Å². The third-order valence-electron chi connectivity index (χ3n) is 9.76. The van der Waals surface area contributed by atoms with Gasteiger partial charge in [0.25, 0.3) is 0 Å². The highest BCUT2D eigenvalue weighted by molar-refractivity contribution is 5.93. The average Bonchev–Trinajstić information content (AvgIpc) is 3.13. The molecule has 1 fully saturated rings. The van der Waals surface area contributed by atoms with Crippen molar-refractivity contribution >= 4 is 29.2 Å². The van der Waals surface area contributed by atoms with Crippen LogP contribution in [-0.4, -0.2) is 44.5 Å². The van der Waals surface area contributed by atoms with Gasteiger partial charge in [-0.1, -0.05) is 82.3 Å². The predicted octanol–water partition coefficient (Wildman–Crippen LogP) is 10.2. The van der Waals surface area contributed by atoms with Crippen molar-refractivity contribution in [2.24, 2.45) is 0 Å². The lowest BCUT2D eigenvalue weighted by molar-refractivity contribution is 0.0636. The van der Waals surface area contributed by atoms with Gasteiger partial charge in [0.1, 0.15) is 23.7 Å².